The van der Waals surface area contributed by atoms with E-state index in [1.54, 1.807) is 24.3 Å². The number of amides is 2. The quantitative estimate of drug-likeness (QED) is 0.498. The van der Waals surface area contributed by atoms with E-state index in [2.05, 4.69) is 0 Å². The van der Waals surface area contributed by atoms with Gasteiger partial charge in [-0.3, -0.25) is 9.59 Å². The lowest BCUT2D eigenvalue weighted by Gasteiger charge is -2.44. The molecule has 0 unspecified atom stereocenters. The van der Waals surface area contributed by atoms with Crippen LogP contribution in [0.2, 0.25) is 0 Å². The lowest BCUT2D eigenvalue weighted by molar-refractivity contribution is -0.175. The Hall–Kier alpha value is -2.46. The van der Waals surface area contributed by atoms with Gasteiger partial charge in [-0.15, -0.1) is 0 Å². The molecule has 1 aromatic carbocycles. The van der Waals surface area contributed by atoms with Crippen molar-refractivity contribution < 1.29 is 32.6 Å². The molecule has 168 valence electrons. The molecule has 0 aromatic heterocycles. The number of aliphatic hydroxyl groups is 1. The molecule has 3 aliphatic heterocycles. The van der Waals surface area contributed by atoms with Crippen LogP contribution in [0.4, 0.5) is 0 Å². The van der Waals surface area contributed by atoms with Gasteiger partial charge in [0.2, 0.25) is 5.91 Å². The van der Waals surface area contributed by atoms with Crippen molar-refractivity contribution in [2.45, 2.75) is 55.6 Å². The number of sulfone groups is 1. The molecule has 3 heterocycles. The summed E-state index contributed by atoms with van der Waals surface area (Å²) < 4.78 is 30.2. The number of fused-ring (bicyclic) bond motifs is 1. The smallest absolute Gasteiger partial charge is 0.330 e. The van der Waals surface area contributed by atoms with E-state index >= 15 is 0 Å². The summed E-state index contributed by atoms with van der Waals surface area (Å²) in [5.41, 5.74) is 0.727. The second-order valence-electron chi connectivity index (χ2n) is 8.78. The van der Waals surface area contributed by atoms with Crippen LogP contribution in [-0.2, 0) is 35.6 Å². The number of aliphatic hydroxyl groups excluding tert-OH is 1. The van der Waals surface area contributed by atoms with Crippen LogP contribution >= 0.6 is 0 Å². The number of β-lactam (4-membered cyclic amide) rings is 1. The van der Waals surface area contributed by atoms with Crippen molar-refractivity contribution >= 4 is 27.6 Å². The molecule has 4 atom stereocenters. The highest BCUT2D eigenvalue weighted by molar-refractivity contribution is 7.93. The molecule has 31 heavy (non-hydrogen) atoms. The minimum Gasteiger partial charge on any atom is -0.459 e. The van der Waals surface area contributed by atoms with Crippen molar-refractivity contribution in [3.05, 3.63) is 35.9 Å². The number of esters is 1. The topological polar surface area (TPSA) is 121 Å². The average Bonchev–Trinajstić information content (AvgIpc) is 3.31. The van der Waals surface area contributed by atoms with Crippen molar-refractivity contribution in [1.82, 2.24) is 9.80 Å². The van der Waals surface area contributed by atoms with Crippen LogP contribution in [0.1, 0.15) is 32.3 Å². The zero-order valence-corrected chi connectivity index (χ0v) is 18.2. The third-order valence-corrected chi connectivity index (χ3v) is 9.41. The van der Waals surface area contributed by atoms with Crippen molar-refractivity contribution in [1.29, 1.82) is 0 Å². The van der Waals surface area contributed by atoms with Crippen LogP contribution in [0.25, 0.3) is 0 Å². The molecule has 3 aliphatic rings. The highest BCUT2D eigenvalue weighted by atomic mass is 32.2. The summed E-state index contributed by atoms with van der Waals surface area (Å²) in [4.78, 5) is 40.7. The van der Waals surface area contributed by atoms with E-state index in [4.69, 9.17) is 4.74 Å². The molecule has 0 bridgehead atoms. The summed E-state index contributed by atoms with van der Waals surface area (Å²) in [5, 5.41) is 9.15. The molecule has 10 heteroatoms. The first-order chi connectivity index (χ1) is 14.6. The number of ether oxygens (including phenoxy) is 1. The fourth-order valence-electron chi connectivity index (χ4n) is 4.70. The van der Waals surface area contributed by atoms with E-state index < -0.39 is 55.8 Å². The third kappa shape index (κ3) is 3.23. The summed E-state index contributed by atoms with van der Waals surface area (Å²) in [6.45, 7) is 3.62. The minimum absolute atomic E-state index is 0.0570. The Morgan fingerprint density at radius 2 is 1.81 bits per heavy atom. The van der Waals surface area contributed by atoms with E-state index in [0.29, 0.717) is 13.1 Å². The first-order valence-electron chi connectivity index (χ1n) is 10.3. The van der Waals surface area contributed by atoms with E-state index in [-0.39, 0.29) is 6.61 Å². The predicted molar refractivity (Wildman–Crippen MR) is 109 cm³/mol. The van der Waals surface area contributed by atoms with Crippen LogP contribution in [0.5, 0.6) is 0 Å². The Bertz CT molecular complexity index is 1000. The second-order valence-corrected chi connectivity index (χ2v) is 11.4. The molecule has 4 rings (SSSR count). The zero-order chi connectivity index (χ0) is 22.6. The van der Waals surface area contributed by atoms with E-state index in [1.807, 2.05) is 6.07 Å². The number of hydrogen-bond acceptors (Lipinski definition) is 7. The fraction of sp³-hybridized carbons (Fsp3) is 0.571. The van der Waals surface area contributed by atoms with Gasteiger partial charge in [-0.05, 0) is 32.3 Å². The van der Waals surface area contributed by atoms with E-state index in [9.17, 15) is 27.9 Å². The van der Waals surface area contributed by atoms with Crippen LogP contribution in [0, 0.1) is 5.92 Å². The van der Waals surface area contributed by atoms with Crippen LogP contribution in [-0.4, -0.2) is 76.5 Å². The monoisotopic (exact) mass is 450 g/mol. The largest absolute Gasteiger partial charge is 0.459 e. The zero-order valence-electron chi connectivity index (χ0n) is 17.4. The van der Waals surface area contributed by atoms with Gasteiger partial charge in [0.25, 0.3) is 5.91 Å². The second kappa shape index (κ2) is 7.59. The van der Waals surface area contributed by atoms with E-state index in [1.165, 1.54) is 18.7 Å². The predicted octanol–water partition coefficient (Wildman–Crippen LogP) is 0.0732. The van der Waals surface area contributed by atoms with Crippen molar-refractivity contribution in [3.8, 4) is 0 Å². The molecule has 9 nitrogen and oxygen atoms in total. The lowest BCUT2D eigenvalue weighted by atomic mass is 9.87. The van der Waals surface area contributed by atoms with Gasteiger partial charge >= 0.3 is 5.97 Å². The number of rotatable bonds is 5. The van der Waals surface area contributed by atoms with E-state index in [0.717, 1.165) is 23.3 Å². The van der Waals surface area contributed by atoms with Gasteiger partial charge in [-0.2, -0.15) is 0 Å². The number of benzene rings is 1. The molecule has 2 amide bonds. The highest BCUT2D eigenvalue weighted by Crippen LogP contribution is 2.50. The van der Waals surface area contributed by atoms with Crippen LogP contribution in [0.3, 0.4) is 0 Å². The molecular formula is C21H26N2O7S. The molecule has 1 N–H and O–H groups in total. The van der Waals surface area contributed by atoms with Gasteiger partial charge in [-0.25, -0.2) is 13.2 Å². The molecule has 0 aliphatic carbocycles. The number of carbonyl (C=O) groups excluding carboxylic acids is 3. The number of carbonyl (C=O) groups is 3. The lowest BCUT2D eigenvalue weighted by Crippen LogP contribution is -2.68. The molecular weight excluding hydrogens is 424 g/mol. The Morgan fingerprint density at radius 3 is 2.42 bits per heavy atom. The Labute approximate surface area is 180 Å². The van der Waals surface area contributed by atoms with Crippen molar-refractivity contribution in [2.24, 2.45) is 5.92 Å². The molecule has 0 spiro atoms. The maximum Gasteiger partial charge on any atom is 0.330 e. The summed E-state index contributed by atoms with van der Waals surface area (Å²) >= 11 is 0. The maximum absolute atomic E-state index is 13.2. The Kier molecular flexibility index (Phi) is 5.33. The molecule has 0 radical (unpaired) electrons. The van der Waals surface area contributed by atoms with Crippen molar-refractivity contribution in [2.75, 3.05) is 13.1 Å². The van der Waals surface area contributed by atoms with Gasteiger partial charge in [0.05, 0.1) is 4.75 Å². The number of hydrogen-bond donors (Lipinski definition) is 1. The number of likely N-dealkylation sites (tertiary alicyclic amines) is 1. The fourth-order valence-corrected chi connectivity index (χ4v) is 7.02. The third-order valence-electron chi connectivity index (χ3n) is 6.57. The summed E-state index contributed by atoms with van der Waals surface area (Å²) in [5.74, 6) is -3.60. The maximum atomic E-state index is 13.2. The van der Waals surface area contributed by atoms with Gasteiger partial charge in [-0.1, -0.05) is 30.3 Å². The van der Waals surface area contributed by atoms with Crippen LogP contribution < -0.4 is 0 Å². The summed E-state index contributed by atoms with van der Waals surface area (Å²) in [6, 6.07) is 7.56. The first-order valence-corrected chi connectivity index (χ1v) is 11.9. The summed E-state index contributed by atoms with van der Waals surface area (Å²) in [7, 11) is -4.05. The van der Waals surface area contributed by atoms with Crippen molar-refractivity contribution in [3.63, 3.8) is 0 Å². The standard InChI is InChI=1S/C21H26N2O7S/c1-21(2)16(20(27)30-12-13-8-4-3-5-9-13)23-17(25)14(19(23)31(21,28)29)15(24)18(26)22-10-6-7-11-22/h3-5,8-9,14-16,19,24H,6-7,10-12H2,1-2H3/t14-,15+,16+,19-/m1/s1. The Morgan fingerprint density at radius 1 is 1.19 bits per heavy atom. The Balaban J connectivity index is 1.56. The summed E-state index contributed by atoms with van der Waals surface area (Å²) in [6.07, 6.45) is -0.155. The minimum atomic E-state index is -4.05. The van der Waals surface area contributed by atoms with Gasteiger partial charge in [0.1, 0.15) is 30.0 Å². The molecule has 3 fully saturated rings. The average molecular weight is 451 g/mol. The SMILES string of the molecule is CC1(C)[C@H](C(=O)OCc2ccccc2)N2C(=O)[C@@H]([C@H](O)C(=O)N3CCCC3)[C@H]2S1(=O)=O. The van der Waals surface area contributed by atoms with Gasteiger partial charge < -0.3 is 19.6 Å². The van der Waals surface area contributed by atoms with Gasteiger partial charge in [0, 0.05) is 13.1 Å². The highest BCUT2D eigenvalue weighted by Gasteiger charge is 2.74. The molecule has 1 aromatic rings. The normalized spacial score (nSPS) is 29.3. The molecule has 3 saturated heterocycles. The first kappa shape index (κ1) is 21.8. The molecule has 0 saturated carbocycles. The van der Waals surface area contributed by atoms with Gasteiger partial charge in [0.15, 0.2) is 9.84 Å². The van der Waals surface area contributed by atoms with Crippen LogP contribution in [0.15, 0.2) is 30.3 Å². The number of nitrogens with zero attached hydrogens (tertiary/aromatic N) is 2.